The molecule has 1 aromatic carbocycles. The molecule has 0 amide bonds. The SMILES string of the molecule is CCOC(=O)[C@@H](N)Cc1ccc(F)cc1.Cl. The number of carbonyl (C=O) groups excluding carboxylic acids is 1. The second kappa shape index (κ2) is 7.19. The van der Waals surface area contributed by atoms with Crippen LogP contribution in [-0.2, 0) is 16.0 Å². The molecule has 16 heavy (non-hydrogen) atoms. The first-order valence-electron chi connectivity index (χ1n) is 4.80. The number of hydrogen-bond donors (Lipinski definition) is 1. The molecule has 0 heterocycles. The van der Waals surface area contributed by atoms with Crippen molar-refractivity contribution in [1.29, 1.82) is 0 Å². The average molecular weight is 248 g/mol. The zero-order valence-electron chi connectivity index (χ0n) is 8.98. The predicted molar refractivity (Wildman–Crippen MR) is 62.0 cm³/mol. The number of benzene rings is 1. The van der Waals surface area contributed by atoms with E-state index in [1.54, 1.807) is 19.1 Å². The lowest BCUT2D eigenvalue weighted by Crippen LogP contribution is -2.34. The maximum Gasteiger partial charge on any atom is 0.323 e. The Morgan fingerprint density at radius 2 is 2.00 bits per heavy atom. The molecule has 0 saturated carbocycles. The highest BCUT2D eigenvalue weighted by atomic mass is 35.5. The van der Waals surface area contributed by atoms with Gasteiger partial charge >= 0.3 is 5.97 Å². The number of esters is 1. The van der Waals surface area contributed by atoms with Gasteiger partial charge in [-0.15, -0.1) is 12.4 Å². The Bertz CT molecular complexity index is 329. The van der Waals surface area contributed by atoms with E-state index < -0.39 is 12.0 Å². The largest absolute Gasteiger partial charge is 0.465 e. The molecule has 1 aromatic rings. The third kappa shape index (κ3) is 4.59. The van der Waals surface area contributed by atoms with Crippen molar-refractivity contribution in [3.05, 3.63) is 35.6 Å². The van der Waals surface area contributed by atoms with Crippen LogP contribution in [0.4, 0.5) is 4.39 Å². The van der Waals surface area contributed by atoms with Gasteiger partial charge in [0.05, 0.1) is 6.61 Å². The Balaban J connectivity index is 0.00000225. The van der Waals surface area contributed by atoms with E-state index in [1.165, 1.54) is 12.1 Å². The third-order valence-corrected chi connectivity index (χ3v) is 1.96. The normalized spacial score (nSPS) is 11.4. The van der Waals surface area contributed by atoms with Gasteiger partial charge in [0.15, 0.2) is 0 Å². The van der Waals surface area contributed by atoms with Gasteiger partial charge in [-0.05, 0) is 31.0 Å². The van der Waals surface area contributed by atoms with E-state index in [1.807, 2.05) is 0 Å². The lowest BCUT2D eigenvalue weighted by atomic mass is 10.1. The molecule has 90 valence electrons. The van der Waals surface area contributed by atoms with Crippen LogP contribution in [0, 0.1) is 5.82 Å². The van der Waals surface area contributed by atoms with Crippen LogP contribution >= 0.6 is 12.4 Å². The van der Waals surface area contributed by atoms with Gasteiger partial charge in [-0.25, -0.2) is 4.39 Å². The Labute approximate surface area is 100 Å². The summed E-state index contributed by atoms with van der Waals surface area (Å²) in [6.45, 7) is 2.04. The fourth-order valence-corrected chi connectivity index (χ4v) is 1.21. The first-order valence-corrected chi connectivity index (χ1v) is 4.80. The molecule has 2 N–H and O–H groups in total. The van der Waals surface area contributed by atoms with Crippen molar-refractivity contribution in [2.45, 2.75) is 19.4 Å². The second-order valence-corrected chi connectivity index (χ2v) is 3.19. The summed E-state index contributed by atoms with van der Waals surface area (Å²) in [6, 6.07) is 5.21. The molecule has 0 aromatic heterocycles. The van der Waals surface area contributed by atoms with Crippen molar-refractivity contribution in [2.75, 3.05) is 6.61 Å². The molecule has 0 aliphatic rings. The molecule has 1 rings (SSSR count). The highest BCUT2D eigenvalue weighted by Crippen LogP contribution is 2.05. The van der Waals surface area contributed by atoms with E-state index in [4.69, 9.17) is 10.5 Å². The monoisotopic (exact) mass is 247 g/mol. The zero-order valence-corrected chi connectivity index (χ0v) is 9.80. The molecular weight excluding hydrogens is 233 g/mol. The van der Waals surface area contributed by atoms with Crippen molar-refractivity contribution >= 4 is 18.4 Å². The Hall–Kier alpha value is -1.13. The summed E-state index contributed by atoms with van der Waals surface area (Å²) in [5.74, 6) is -0.731. The molecule has 0 aliphatic carbocycles. The van der Waals surface area contributed by atoms with E-state index in [-0.39, 0.29) is 18.2 Å². The molecule has 0 fully saturated rings. The Morgan fingerprint density at radius 1 is 1.44 bits per heavy atom. The lowest BCUT2D eigenvalue weighted by molar-refractivity contribution is -0.144. The minimum atomic E-state index is -0.685. The van der Waals surface area contributed by atoms with Crippen LogP contribution in [0.2, 0.25) is 0 Å². The van der Waals surface area contributed by atoms with Crippen LogP contribution in [0.1, 0.15) is 12.5 Å². The zero-order chi connectivity index (χ0) is 11.3. The summed E-state index contributed by atoms with van der Waals surface area (Å²) < 4.78 is 17.3. The topological polar surface area (TPSA) is 52.3 Å². The summed E-state index contributed by atoms with van der Waals surface area (Å²) in [7, 11) is 0. The number of ether oxygens (including phenoxy) is 1. The Kier molecular flexibility index (Phi) is 6.69. The molecule has 0 spiro atoms. The summed E-state index contributed by atoms with van der Waals surface area (Å²) in [5.41, 5.74) is 6.42. The third-order valence-electron chi connectivity index (χ3n) is 1.96. The molecule has 5 heteroatoms. The van der Waals surface area contributed by atoms with Crippen LogP contribution < -0.4 is 5.73 Å². The highest BCUT2D eigenvalue weighted by Gasteiger charge is 2.14. The summed E-state index contributed by atoms with van der Waals surface area (Å²) >= 11 is 0. The maximum absolute atomic E-state index is 12.6. The first-order chi connectivity index (χ1) is 7.13. The van der Waals surface area contributed by atoms with Gasteiger partial charge < -0.3 is 10.5 Å². The van der Waals surface area contributed by atoms with Gasteiger partial charge in [-0.3, -0.25) is 4.79 Å². The Morgan fingerprint density at radius 3 is 2.50 bits per heavy atom. The van der Waals surface area contributed by atoms with Crippen molar-refractivity contribution in [1.82, 2.24) is 0 Å². The summed E-state index contributed by atoms with van der Waals surface area (Å²) in [5, 5.41) is 0. The smallest absolute Gasteiger partial charge is 0.323 e. The minimum Gasteiger partial charge on any atom is -0.465 e. The van der Waals surface area contributed by atoms with Gasteiger partial charge in [0, 0.05) is 0 Å². The van der Waals surface area contributed by atoms with E-state index in [2.05, 4.69) is 0 Å². The minimum absolute atomic E-state index is 0. The van der Waals surface area contributed by atoms with Crippen molar-refractivity contribution in [3.8, 4) is 0 Å². The van der Waals surface area contributed by atoms with Crippen molar-refractivity contribution in [3.63, 3.8) is 0 Å². The van der Waals surface area contributed by atoms with Gasteiger partial charge in [-0.1, -0.05) is 12.1 Å². The molecular formula is C11H15ClFNO2. The number of nitrogens with two attached hydrogens (primary N) is 1. The van der Waals surface area contributed by atoms with Crippen LogP contribution in [0.25, 0.3) is 0 Å². The summed E-state index contributed by atoms with van der Waals surface area (Å²) in [6.07, 6.45) is 0.360. The molecule has 1 atom stereocenters. The van der Waals surface area contributed by atoms with Crippen LogP contribution in [0.3, 0.4) is 0 Å². The standard InChI is InChI=1S/C11H14FNO2.ClH/c1-2-15-11(14)10(13)7-8-3-5-9(12)6-4-8;/h3-6,10H,2,7,13H2,1H3;1H/t10-;/m0./s1. The van der Waals surface area contributed by atoms with E-state index in [0.29, 0.717) is 13.0 Å². The maximum atomic E-state index is 12.6. The number of halogens is 2. The fourth-order valence-electron chi connectivity index (χ4n) is 1.21. The van der Waals surface area contributed by atoms with Gasteiger partial charge in [0.2, 0.25) is 0 Å². The van der Waals surface area contributed by atoms with Gasteiger partial charge in [-0.2, -0.15) is 0 Å². The molecule has 0 saturated heterocycles. The van der Waals surface area contributed by atoms with Crippen LogP contribution in [0.5, 0.6) is 0 Å². The molecule has 0 unspecified atom stereocenters. The number of hydrogen-bond acceptors (Lipinski definition) is 3. The molecule has 3 nitrogen and oxygen atoms in total. The lowest BCUT2D eigenvalue weighted by Gasteiger charge is -2.10. The molecule has 0 bridgehead atoms. The van der Waals surface area contributed by atoms with E-state index >= 15 is 0 Å². The first kappa shape index (κ1) is 14.9. The van der Waals surface area contributed by atoms with Gasteiger partial charge in [0.25, 0.3) is 0 Å². The number of rotatable bonds is 4. The van der Waals surface area contributed by atoms with Crippen molar-refractivity contribution < 1.29 is 13.9 Å². The highest BCUT2D eigenvalue weighted by molar-refractivity contribution is 5.85. The summed E-state index contributed by atoms with van der Waals surface area (Å²) in [4.78, 5) is 11.2. The van der Waals surface area contributed by atoms with Gasteiger partial charge in [0.1, 0.15) is 11.9 Å². The predicted octanol–water partition coefficient (Wildman–Crippen LogP) is 1.68. The van der Waals surface area contributed by atoms with E-state index in [9.17, 15) is 9.18 Å². The van der Waals surface area contributed by atoms with Crippen LogP contribution in [-0.4, -0.2) is 18.6 Å². The van der Waals surface area contributed by atoms with E-state index in [0.717, 1.165) is 5.56 Å². The number of carbonyl (C=O) groups is 1. The van der Waals surface area contributed by atoms with Crippen LogP contribution in [0.15, 0.2) is 24.3 Å². The molecule has 0 radical (unpaired) electrons. The van der Waals surface area contributed by atoms with Crippen molar-refractivity contribution in [2.24, 2.45) is 5.73 Å². The quantitative estimate of drug-likeness (QED) is 0.824. The average Bonchev–Trinajstić information content (AvgIpc) is 2.22. The second-order valence-electron chi connectivity index (χ2n) is 3.19. The molecule has 0 aliphatic heterocycles. The fraction of sp³-hybridized carbons (Fsp3) is 0.364.